The number of hydrogen-bond acceptors (Lipinski definition) is 0. The Morgan fingerprint density at radius 1 is 0.315 bits per heavy atom. The van der Waals surface area contributed by atoms with Gasteiger partial charge in [-0.05, 0) is 97.4 Å². The van der Waals surface area contributed by atoms with Crippen molar-refractivity contribution < 1.29 is 0 Å². The topological polar surface area (TPSA) is 0 Å². The molecule has 0 saturated heterocycles. The van der Waals surface area contributed by atoms with Gasteiger partial charge in [-0.3, -0.25) is 0 Å². The maximum atomic E-state index is 3.66. The standard InChI is InChI=1S/C54H44/c1-53(2,3)45-33-25-39(26-34-45)23-29-41-15-7-11-19-47(41)48-20-12-8-17-43(48)31-37-52-50-22-14-10-18-44(50)32-38-51(52)49-21-13-9-16-42(49)30-24-40-27-35-46(36-28-40)54(4,5)6/h7-22,25-28,32-36,38H,1-6H3. The van der Waals surface area contributed by atoms with E-state index in [1.165, 1.54) is 11.1 Å². The lowest BCUT2D eigenvalue weighted by atomic mass is 9.87. The van der Waals surface area contributed by atoms with Crippen molar-refractivity contribution in [1.29, 1.82) is 0 Å². The Morgan fingerprint density at radius 2 is 0.704 bits per heavy atom. The maximum absolute atomic E-state index is 3.66. The Bertz CT molecular complexity index is 2650. The second kappa shape index (κ2) is 15.2. The molecule has 0 aromatic heterocycles. The van der Waals surface area contributed by atoms with Crippen LogP contribution in [0.5, 0.6) is 0 Å². The summed E-state index contributed by atoms with van der Waals surface area (Å²) in [6.07, 6.45) is 0. The zero-order chi connectivity index (χ0) is 37.7. The van der Waals surface area contributed by atoms with E-state index >= 15 is 0 Å². The number of rotatable bonds is 2. The molecule has 0 fully saturated rings. The minimum atomic E-state index is 0.101. The molecule has 7 aromatic rings. The van der Waals surface area contributed by atoms with Crippen molar-refractivity contribution in [2.24, 2.45) is 0 Å². The number of benzene rings is 7. The lowest BCUT2D eigenvalue weighted by molar-refractivity contribution is 0.590. The predicted molar refractivity (Wildman–Crippen MR) is 229 cm³/mol. The monoisotopic (exact) mass is 692 g/mol. The van der Waals surface area contributed by atoms with Gasteiger partial charge in [-0.25, -0.2) is 0 Å². The molecule has 0 amide bonds. The van der Waals surface area contributed by atoms with E-state index in [0.29, 0.717) is 0 Å². The molecule has 0 saturated carbocycles. The van der Waals surface area contributed by atoms with Crippen molar-refractivity contribution in [3.05, 3.63) is 202 Å². The summed E-state index contributed by atoms with van der Waals surface area (Å²) in [5.74, 6) is 21.1. The summed E-state index contributed by atoms with van der Waals surface area (Å²) in [6, 6.07) is 55.2. The molecule has 7 aromatic carbocycles. The molecule has 0 radical (unpaired) electrons. The third kappa shape index (κ3) is 8.09. The lowest BCUT2D eigenvalue weighted by Gasteiger charge is -2.18. The van der Waals surface area contributed by atoms with Crippen molar-refractivity contribution in [3.63, 3.8) is 0 Å². The smallest absolute Gasteiger partial charge is 0.0406 e. The number of hydrogen-bond donors (Lipinski definition) is 0. The molecule has 0 atom stereocenters. The molecule has 7 rings (SSSR count). The predicted octanol–water partition coefficient (Wildman–Crippen LogP) is 13.0. The van der Waals surface area contributed by atoms with Gasteiger partial charge in [0.15, 0.2) is 0 Å². The molecule has 0 heteroatoms. The minimum absolute atomic E-state index is 0.101. The molecular formula is C54H44. The third-order valence-electron chi connectivity index (χ3n) is 9.80. The van der Waals surface area contributed by atoms with E-state index in [2.05, 4.69) is 229 Å². The van der Waals surface area contributed by atoms with Crippen LogP contribution in [0, 0.1) is 35.5 Å². The highest BCUT2D eigenvalue weighted by atomic mass is 14.2. The largest absolute Gasteiger partial charge is 0.0616 e. The molecule has 0 N–H and O–H groups in total. The van der Waals surface area contributed by atoms with Gasteiger partial charge in [0.05, 0.1) is 0 Å². The van der Waals surface area contributed by atoms with Gasteiger partial charge < -0.3 is 0 Å². The first-order valence-corrected chi connectivity index (χ1v) is 18.6. The summed E-state index contributed by atoms with van der Waals surface area (Å²) in [7, 11) is 0. The van der Waals surface area contributed by atoms with Gasteiger partial charge in [0.25, 0.3) is 0 Å². The van der Waals surface area contributed by atoms with Crippen LogP contribution in [0.2, 0.25) is 0 Å². The Labute approximate surface area is 322 Å². The number of fused-ring (bicyclic) bond motifs is 1. The van der Waals surface area contributed by atoms with Crippen molar-refractivity contribution in [2.45, 2.75) is 52.4 Å². The molecule has 0 aliphatic rings. The second-order valence-corrected chi connectivity index (χ2v) is 15.8. The summed E-state index contributed by atoms with van der Waals surface area (Å²) in [6.45, 7) is 13.4. The molecule has 0 aliphatic carbocycles. The second-order valence-electron chi connectivity index (χ2n) is 15.8. The van der Waals surface area contributed by atoms with Gasteiger partial charge in [0.2, 0.25) is 0 Å². The molecule has 260 valence electrons. The first-order valence-electron chi connectivity index (χ1n) is 18.6. The zero-order valence-electron chi connectivity index (χ0n) is 32.0. The fraction of sp³-hybridized carbons (Fsp3) is 0.148. The van der Waals surface area contributed by atoms with Gasteiger partial charge in [0, 0.05) is 33.4 Å². The van der Waals surface area contributed by atoms with Crippen molar-refractivity contribution in [3.8, 4) is 57.8 Å². The van der Waals surface area contributed by atoms with Crippen LogP contribution in [0.3, 0.4) is 0 Å². The van der Waals surface area contributed by atoms with E-state index in [1.807, 2.05) is 6.07 Å². The van der Waals surface area contributed by atoms with Gasteiger partial charge in [-0.2, -0.15) is 0 Å². The minimum Gasteiger partial charge on any atom is -0.0616 e. The third-order valence-corrected chi connectivity index (χ3v) is 9.80. The van der Waals surface area contributed by atoms with Crippen LogP contribution in [0.1, 0.15) is 86.1 Å². The molecule has 0 nitrogen and oxygen atoms in total. The molecule has 0 heterocycles. The highest BCUT2D eigenvalue weighted by Crippen LogP contribution is 2.33. The summed E-state index contributed by atoms with van der Waals surface area (Å²) in [5, 5.41) is 2.27. The van der Waals surface area contributed by atoms with E-state index in [4.69, 9.17) is 0 Å². The normalized spacial score (nSPS) is 11.1. The Balaban J connectivity index is 1.29. The maximum Gasteiger partial charge on any atom is 0.0406 e. The first-order chi connectivity index (χ1) is 26.0. The first kappa shape index (κ1) is 35.9. The molecule has 0 bridgehead atoms. The molecule has 54 heavy (non-hydrogen) atoms. The average Bonchev–Trinajstić information content (AvgIpc) is 3.18. The molecular weight excluding hydrogens is 649 g/mol. The van der Waals surface area contributed by atoms with E-state index in [0.717, 1.165) is 66.4 Å². The summed E-state index contributed by atoms with van der Waals surface area (Å²) >= 11 is 0. The van der Waals surface area contributed by atoms with Crippen LogP contribution in [0.15, 0.2) is 158 Å². The van der Waals surface area contributed by atoms with E-state index in [-0.39, 0.29) is 10.8 Å². The Morgan fingerprint density at radius 3 is 1.17 bits per heavy atom. The van der Waals surface area contributed by atoms with Gasteiger partial charge in [-0.15, -0.1) is 0 Å². The van der Waals surface area contributed by atoms with E-state index in [9.17, 15) is 0 Å². The lowest BCUT2D eigenvalue weighted by Crippen LogP contribution is -2.10. The van der Waals surface area contributed by atoms with Crippen LogP contribution >= 0.6 is 0 Å². The van der Waals surface area contributed by atoms with Crippen LogP contribution < -0.4 is 0 Å². The highest BCUT2D eigenvalue weighted by Gasteiger charge is 2.15. The zero-order valence-corrected chi connectivity index (χ0v) is 32.0. The van der Waals surface area contributed by atoms with Gasteiger partial charge >= 0.3 is 0 Å². The Kier molecular flexibility index (Phi) is 10.1. The molecule has 0 unspecified atom stereocenters. The Hall–Kier alpha value is -6.52. The molecule has 0 spiro atoms. The quantitative estimate of drug-likeness (QED) is 0.158. The highest BCUT2D eigenvalue weighted by molar-refractivity contribution is 5.96. The van der Waals surface area contributed by atoms with Crippen molar-refractivity contribution in [1.82, 2.24) is 0 Å². The van der Waals surface area contributed by atoms with Gasteiger partial charge in [-0.1, -0.05) is 192 Å². The summed E-state index contributed by atoms with van der Waals surface area (Å²) in [5.41, 5.74) is 12.9. The van der Waals surface area contributed by atoms with Crippen LogP contribution in [-0.2, 0) is 10.8 Å². The van der Waals surface area contributed by atoms with Gasteiger partial charge in [0.1, 0.15) is 0 Å². The van der Waals surface area contributed by atoms with Crippen molar-refractivity contribution >= 4 is 10.8 Å². The fourth-order valence-electron chi connectivity index (χ4n) is 6.63. The van der Waals surface area contributed by atoms with E-state index < -0.39 is 0 Å². The average molecular weight is 693 g/mol. The van der Waals surface area contributed by atoms with Crippen LogP contribution in [-0.4, -0.2) is 0 Å². The SMILES string of the molecule is CC(C)(C)c1ccc(C#Cc2ccccc2-c2ccccc2C#Cc2c(-c3ccccc3C#Cc3ccc(C(C)(C)C)cc3)ccc3ccccc23)cc1. The summed E-state index contributed by atoms with van der Waals surface area (Å²) in [4.78, 5) is 0. The van der Waals surface area contributed by atoms with Crippen molar-refractivity contribution in [2.75, 3.05) is 0 Å². The van der Waals surface area contributed by atoms with Crippen LogP contribution in [0.4, 0.5) is 0 Å². The fourth-order valence-corrected chi connectivity index (χ4v) is 6.63. The van der Waals surface area contributed by atoms with E-state index in [1.54, 1.807) is 0 Å². The van der Waals surface area contributed by atoms with Crippen LogP contribution in [0.25, 0.3) is 33.0 Å². The summed E-state index contributed by atoms with van der Waals surface area (Å²) < 4.78 is 0. The molecule has 0 aliphatic heterocycles.